The number of ether oxygens (including phenoxy) is 1. The van der Waals surface area contributed by atoms with E-state index in [2.05, 4.69) is 5.32 Å². The molecule has 1 aliphatic heterocycles. The molecule has 1 fully saturated rings. The van der Waals surface area contributed by atoms with E-state index in [9.17, 15) is 14.0 Å². The molecule has 0 unspecified atom stereocenters. The number of hydrogen-bond acceptors (Lipinski definition) is 3. The fraction of sp³-hybridized carbons (Fsp3) is 0.500. The van der Waals surface area contributed by atoms with Gasteiger partial charge in [0.2, 0.25) is 11.8 Å². The number of benzene rings is 1. The quantitative estimate of drug-likeness (QED) is 0.812. The van der Waals surface area contributed by atoms with Crippen LogP contribution >= 0.6 is 0 Å². The van der Waals surface area contributed by atoms with Crippen LogP contribution in [0.15, 0.2) is 24.3 Å². The van der Waals surface area contributed by atoms with Crippen LogP contribution in [0.2, 0.25) is 0 Å². The number of hydrogen-bond donors (Lipinski definition) is 1. The summed E-state index contributed by atoms with van der Waals surface area (Å²) >= 11 is 0. The molecule has 6 heteroatoms. The van der Waals surface area contributed by atoms with Gasteiger partial charge < -0.3 is 15.0 Å². The van der Waals surface area contributed by atoms with Gasteiger partial charge in [-0.1, -0.05) is 6.07 Å². The van der Waals surface area contributed by atoms with Gasteiger partial charge in [0.25, 0.3) is 0 Å². The van der Waals surface area contributed by atoms with Crippen molar-refractivity contribution in [3.63, 3.8) is 0 Å². The highest BCUT2D eigenvalue weighted by molar-refractivity contribution is 5.89. The average Bonchev–Trinajstić information content (AvgIpc) is 2.86. The van der Waals surface area contributed by atoms with Crippen LogP contribution in [0, 0.1) is 11.7 Å². The smallest absolute Gasteiger partial charge is 0.225 e. The molecule has 2 rings (SSSR count). The molecule has 0 radical (unpaired) electrons. The monoisotopic (exact) mass is 308 g/mol. The van der Waals surface area contributed by atoms with E-state index in [4.69, 9.17) is 4.74 Å². The van der Waals surface area contributed by atoms with Crippen molar-refractivity contribution in [2.24, 2.45) is 5.92 Å². The second-order valence-electron chi connectivity index (χ2n) is 5.64. The first-order chi connectivity index (χ1) is 10.5. The lowest BCUT2D eigenvalue weighted by atomic mass is 10.1. The fourth-order valence-electron chi connectivity index (χ4n) is 2.45. The molecule has 0 saturated carbocycles. The molecular formula is C16H21FN2O3. The van der Waals surface area contributed by atoms with Gasteiger partial charge in [-0.2, -0.15) is 0 Å². The van der Waals surface area contributed by atoms with Gasteiger partial charge in [0.1, 0.15) is 18.2 Å². The van der Waals surface area contributed by atoms with Crippen LogP contribution in [0.3, 0.4) is 0 Å². The lowest BCUT2D eigenvalue weighted by molar-refractivity contribution is -0.129. The minimum Gasteiger partial charge on any atom is -0.492 e. The maximum atomic E-state index is 13.0. The minimum absolute atomic E-state index is 0.0196. The summed E-state index contributed by atoms with van der Waals surface area (Å²) in [6.07, 6.45) is 0.259. The summed E-state index contributed by atoms with van der Waals surface area (Å²) < 4.78 is 18.3. The molecule has 1 heterocycles. The molecule has 0 spiro atoms. The highest BCUT2D eigenvalue weighted by atomic mass is 19.1. The molecule has 1 saturated heterocycles. The molecular weight excluding hydrogens is 287 g/mol. The summed E-state index contributed by atoms with van der Waals surface area (Å²) in [5.41, 5.74) is 0. The van der Waals surface area contributed by atoms with E-state index in [1.54, 1.807) is 17.0 Å². The Morgan fingerprint density at radius 2 is 2.27 bits per heavy atom. The van der Waals surface area contributed by atoms with Crippen molar-refractivity contribution in [3.8, 4) is 5.75 Å². The van der Waals surface area contributed by atoms with Gasteiger partial charge in [0.15, 0.2) is 0 Å². The van der Waals surface area contributed by atoms with Crippen molar-refractivity contribution in [1.82, 2.24) is 10.2 Å². The fourth-order valence-corrected chi connectivity index (χ4v) is 2.45. The zero-order valence-electron chi connectivity index (χ0n) is 12.8. The topological polar surface area (TPSA) is 58.6 Å². The number of carbonyl (C=O) groups excluding carboxylic acids is 2. The van der Waals surface area contributed by atoms with Crippen molar-refractivity contribution in [3.05, 3.63) is 30.1 Å². The van der Waals surface area contributed by atoms with Crippen molar-refractivity contribution in [1.29, 1.82) is 0 Å². The molecule has 0 bridgehead atoms. The molecule has 1 atom stereocenters. The zero-order valence-corrected chi connectivity index (χ0v) is 12.8. The summed E-state index contributed by atoms with van der Waals surface area (Å²) in [6.45, 7) is 4.91. The second kappa shape index (κ2) is 7.24. The number of carbonyl (C=O) groups is 2. The Labute approximate surface area is 129 Å². The molecule has 22 heavy (non-hydrogen) atoms. The number of nitrogens with zero attached hydrogens (tertiary/aromatic N) is 1. The second-order valence-corrected chi connectivity index (χ2v) is 5.64. The van der Waals surface area contributed by atoms with Crippen LogP contribution in [0.25, 0.3) is 0 Å². The van der Waals surface area contributed by atoms with Gasteiger partial charge in [-0.3, -0.25) is 9.59 Å². The third-order valence-corrected chi connectivity index (χ3v) is 3.62. The average molecular weight is 308 g/mol. The first-order valence-corrected chi connectivity index (χ1v) is 7.43. The standard InChI is InChI=1S/C16H21FN2O3/c1-11(2)19-10-12(8-15(19)20)16(21)18-6-7-22-14-5-3-4-13(17)9-14/h3-5,9,11-12H,6-8,10H2,1-2H3,(H,18,21)/t12-/m1/s1. The van der Waals surface area contributed by atoms with Gasteiger partial charge in [0.05, 0.1) is 12.5 Å². The molecule has 5 nitrogen and oxygen atoms in total. The zero-order chi connectivity index (χ0) is 16.1. The molecule has 1 aliphatic rings. The summed E-state index contributed by atoms with van der Waals surface area (Å²) in [4.78, 5) is 25.5. The van der Waals surface area contributed by atoms with Crippen LogP contribution in [0.5, 0.6) is 5.75 Å². The Bertz CT molecular complexity index is 548. The number of nitrogens with one attached hydrogen (secondary N) is 1. The molecule has 1 aromatic carbocycles. The Hall–Kier alpha value is -2.11. The van der Waals surface area contributed by atoms with E-state index in [-0.39, 0.29) is 42.6 Å². The Morgan fingerprint density at radius 1 is 1.50 bits per heavy atom. The number of halogens is 1. The molecule has 120 valence electrons. The van der Waals surface area contributed by atoms with E-state index in [1.165, 1.54) is 12.1 Å². The van der Waals surface area contributed by atoms with Crippen LogP contribution in [0.1, 0.15) is 20.3 Å². The van der Waals surface area contributed by atoms with Crippen LogP contribution in [-0.2, 0) is 9.59 Å². The lowest BCUT2D eigenvalue weighted by Crippen LogP contribution is -2.36. The van der Waals surface area contributed by atoms with Crippen molar-refractivity contribution in [2.45, 2.75) is 26.3 Å². The first-order valence-electron chi connectivity index (χ1n) is 7.43. The van der Waals surface area contributed by atoms with Gasteiger partial charge in [0, 0.05) is 25.1 Å². The largest absolute Gasteiger partial charge is 0.492 e. The van der Waals surface area contributed by atoms with Gasteiger partial charge >= 0.3 is 0 Å². The van der Waals surface area contributed by atoms with Crippen LogP contribution in [-0.4, -0.2) is 42.5 Å². The van der Waals surface area contributed by atoms with Crippen molar-refractivity contribution < 1.29 is 18.7 Å². The highest BCUT2D eigenvalue weighted by Gasteiger charge is 2.35. The normalized spacial score (nSPS) is 17.9. The van der Waals surface area contributed by atoms with E-state index < -0.39 is 0 Å². The molecule has 2 amide bonds. The Kier molecular flexibility index (Phi) is 5.35. The molecule has 1 aromatic rings. The minimum atomic E-state index is -0.361. The number of rotatable bonds is 6. The number of amides is 2. The van der Waals surface area contributed by atoms with Crippen molar-refractivity contribution >= 4 is 11.8 Å². The van der Waals surface area contributed by atoms with Crippen LogP contribution < -0.4 is 10.1 Å². The van der Waals surface area contributed by atoms with E-state index in [0.29, 0.717) is 18.8 Å². The van der Waals surface area contributed by atoms with E-state index in [0.717, 1.165) is 0 Å². The highest BCUT2D eigenvalue weighted by Crippen LogP contribution is 2.20. The maximum absolute atomic E-state index is 13.0. The first kappa shape index (κ1) is 16.3. The summed E-state index contributed by atoms with van der Waals surface area (Å²) in [6, 6.07) is 5.96. The molecule has 0 aromatic heterocycles. The third-order valence-electron chi connectivity index (χ3n) is 3.62. The van der Waals surface area contributed by atoms with Gasteiger partial charge in [-0.25, -0.2) is 4.39 Å². The van der Waals surface area contributed by atoms with Gasteiger partial charge in [-0.15, -0.1) is 0 Å². The molecule has 1 N–H and O–H groups in total. The van der Waals surface area contributed by atoms with E-state index in [1.807, 2.05) is 13.8 Å². The third kappa shape index (κ3) is 4.19. The summed E-state index contributed by atoms with van der Waals surface area (Å²) in [5, 5.41) is 2.75. The molecule has 0 aliphatic carbocycles. The SMILES string of the molecule is CC(C)N1C[C@H](C(=O)NCCOc2cccc(F)c2)CC1=O. The predicted octanol–water partition coefficient (Wildman–Crippen LogP) is 1.58. The van der Waals surface area contributed by atoms with Gasteiger partial charge in [-0.05, 0) is 26.0 Å². The van der Waals surface area contributed by atoms with E-state index >= 15 is 0 Å². The Morgan fingerprint density at radius 3 is 2.91 bits per heavy atom. The lowest BCUT2D eigenvalue weighted by Gasteiger charge is -2.20. The predicted molar refractivity (Wildman–Crippen MR) is 79.9 cm³/mol. The number of likely N-dealkylation sites (tertiary alicyclic amines) is 1. The summed E-state index contributed by atoms with van der Waals surface area (Å²) in [7, 11) is 0. The summed E-state index contributed by atoms with van der Waals surface area (Å²) in [5.74, 6) is -0.356. The van der Waals surface area contributed by atoms with Crippen LogP contribution in [0.4, 0.5) is 4.39 Å². The maximum Gasteiger partial charge on any atom is 0.225 e. The Balaban J connectivity index is 1.71. The van der Waals surface area contributed by atoms with Crippen molar-refractivity contribution in [2.75, 3.05) is 19.7 Å².